The molecular formula is C19H18N6O3S2. The number of aryl methyl sites for hydroxylation is 3. The second-order valence-corrected chi connectivity index (χ2v) is 8.80. The molecule has 0 saturated carbocycles. The zero-order valence-electron chi connectivity index (χ0n) is 16.7. The molecule has 30 heavy (non-hydrogen) atoms. The van der Waals surface area contributed by atoms with Crippen molar-refractivity contribution in [3.63, 3.8) is 0 Å². The molecule has 11 heteroatoms. The van der Waals surface area contributed by atoms with Crippen molar-refractivity contribution >= 4 is 55.4 Å². The summed E-state index contributed by atoms with van der Waals surface area (Å²) in [5.41, 5.74) is 1.25. The largest absolute Gasteiger partial charge is 0.332 e. The molecule has 0 unspecified atom stereocenters. The first-order valence-electron chi connectivity index (χ1n) is 8.99. The molecule has 0 bridgehead atoms. The summed E-state index contributed by atoms with van der Waals surface area (Å²) in [6.07, 6.45) is 0. The molecule has 0 saturated heterocycles. The van der Waals surface area contributed by atoms with E-state index in [1.807, 2.05) is 25.1 Å². The third-order valence-electron chi connectivity index (χ3n) is 4.51. The number of rotatable bonds is 4. The molecule has 0 aliphatic rings. The lowest BCUT2D eigenvalue weighted by Crippen LogP contribution is -2.37. The minimum atomic E-state index is -0.488. The van der Waals surface area contributed by atoms with Crippen LogP contribution in [0.15, 0.2) is 32.8 Å². The lowest BCUT2D eigenvalue weighted by molar-refractivity contribution is -0.113. The number of carbonyl (C=O) groups is 1. The normalized spacial score (nSPS) is 11.3. The average molecular weight is 443 g/mol. The summed E-state index contributed by atoms with van der Waals surface area (Å²) in [4.78, 5) is 50.3. The molecule has 0 atom stereocenters. The van der Waals surface area contributed by atoms with Crippen LogP contribution < -0.4 is 16.6 Å². The lowest BCUT2D eigenvalue weighted by atomic mass is 10.2. The number of thiazole rings is 1. The Kier molecular flexibility index (Phi) is 5.16. The minimum Gasteiger partial charge on any atom is -0.301 e. The summed E-state index contributed by atoms with van der Waals surface area (Å²) in [6.45, 7) is 3.68. The number of hydrogen-bond donors (Lipinski definition) is 1. The molecule has 0 radical (unpaired) electrons. The summed E-state index contributed by atoms with van der Waals surface area (Å²) in [6, 6.07) is 5.91. The number of amides is 1. The van der Waals surface area contributed by atoms with Gasteiger partial charge >= 0.3 is 5.69 Å². The second kappa shape index (κ2) is 7.65. The van der Waals surface area contributed by atoms with Crippen LogP contribution in [0.1, 0.15) is 11.4 Å². The zero-order chi connectivity index (χ0) is 21.6. The summed E-state index contributed by atoms with van der Waals surface area (Å²) < 4.78 is 3.31. The molecule has 1 N–H and O–H groups in total. The van der Waals surface area contributed by atoms with Crippen LogP contribution in [-0.2, 0) is 18.9 Å². The van der Waals surface area contributed by atoms with Gasteiger partial charge in [-0.15, -0.1) is 0 Å². The molecule has 0 fully saturated rings. The molecule has 154 valence electrons. The van der Waals surface area contributed by atoms with Gasteiger partial charge in [0.25, 0.3) is 5.56 Å². The predicted octanol–water partition coefficient (Wildman–Crippen LogP) is 1.98. The second-order valence-electron chi connectivity index (χ2n) is 6.81. The van der Waals surface area contributed by atoms with Gasteiger partial charge in [-0.25, -0.2) is 19.7 Å². The van der Waals surface area contributed by atoms with Crippen molar-refractivity contribution in [2.75, 3.05) is 11.1 Å². The molecule has 0 spiro atoms. The highest BCUT2D eigenvalue weighted by atomic mass is 32.2. The van der Waals surface area contributed by atoms with E-state index < -0.39 is 11.2 Å². The van der Waals surface area contributed by atoms with Gasteiger partial charge in [0.15, 0.2) is 10.8 Å². The van der Waals surface area contributed by atoms with Crippen LogP contribution >= 0.6 is 23.1 Å². The first-order chi connectivity index (χ1) is 14.2. The number of hydrogen-bond acceptors (Lipinski definition) is 8. The van der Waals surface area contributed by atoms with Crippen LogP contribution in [-0.4, -0.2) is 35.7 Å². The molecule has 9 nitrogen and oxygen atoms in total. The number of nitrogens with one attached hydrogen (secondary N) is 1. The van der Waals surface area contributed by atoms with E-state index in [0.717, 1.165) is 32.1 Å². The Bertz CT molecular complexity index is 1440. The van der Waals surface area contributed by atoms with Crippen LogP contribution in [0.3, 0.4) is 0 Å². The number of carbonyl (C=O) groups excluding carboxylic acids is 1. The average Bonchev–Trinajstić information content (AvgIpc) is 3.09. The van der Waals surface area contributed by atoms with E-state index >= 15 is 0 Å². The van der Waals surface area contributed by atoms with Crippen molar-refractivity contribution in [1.29, 1.82) is 0 Å². The van der Waals surface area contributed by atoms with Crippen molar-refractivity contribution < 1.29 is 4.79 Å². The summed E-state index contributed by atoms with van der Waals surface area (Å²) in [5.74, 6) is 0.184. The highest BCUT2D eigenvalue weighted by Crippen LogP contribution is 2.27. The molecule has 1 aromatic carbocycles. The Morgan fingerprint density at radius 3 is 2.67 bits per heavy atom. The molecule has 4 aromatic rings. The third kappa shape index (κ3) is 3.61. The fourth-order valence-electron chi connectivity index (χ4n) is 3.01. The van der Waals surface area contributed by atoms with Crippen LogP contribution in [0.4, 0.5) is 5.13 Å². The topological polar surface area (TPSA) is 112 Å². The van der Waals surface area contributed by atoms with Crippen LogP contribution in [0.2, 0.25) is 0 Å². The third-order valence-corrected chi connectivity index (χ3v) is 6.42. The number of nitrogens with zero attached hydrogens (tertiary/aromatic N) is 5. The highest BCUT2D eigenvalue weighted by molar-refractivity contribution is 8.00. The van der Waals surface area contributed by atoms with Crippen LogP contribution in [0.25, 0.3) is 21.3 Å². The number of thioether (sulfide) groups is 1. The van der Waals surface area contributed by atoms with Gasteiger partial charge in [-0.05, 0) is 31.5 Å². The summed E-state index contributed by atoms with van der Waals surface area (Å²) >= 11 is 2.53. The smallest absolute Gasteiger partial charge is 0.301 e. The maximum Gasteiger partial charge on any atom is 0.332 e. The van der Waals surface area contributed by atoms with Gasteiger partial charge in [-0.1, -0.05) is 29.2 Å². The zero-order valence-corrected chi connectivity index (χ0v) is 18.3. The van der Waals surface area contributed by atoms with Crippen molar-refractivity contribution in [1.82, 2.24) is 24.1 Å². The maximum absolute atomic E-state index is 12.6. The SMILES string of the molecule is Cc1ccc2nc(NC(=O)CSc3nc(C)nc4c3c(=O)n(C)c(=O)n4C)sc2c1. The van der Waals surface area contributed by atoms with Gasteiger partial charge in [0.05, 0.1) is 16.0 Å². The van der Waals surface area contributed by atoms with E-state index in [1.54, 1.807) is 14.0 Å². The van der Waals surface area contributed by atoms with Gasteiger partial charge in [0, 0.05) is 14.1 Å². The van der Waals surface area contributed by atoms with Gasteiger partial charge in [0.2, 0.25) is 5.91 Å². The Hall–Kier alpha value is -3.05. The van der Waals surface area contributed by atoms with Crippen molar-refractivity contribution in [2.24, 2.45) is 14.1 Å². The number of benzene rings is 1. The van der Waals surface area contributed by atoms with E-state index in [2.05, 4.69) is 20.3 Å². The van der Waals surface area contributed by atoms with E-state index in [1.165, 1.54) is 23.0 Å². The maximum atomic E-state index is 12.6. The van der Waals surface area contributed by atoms with Crippen molar-refractivity contribution in [3.8, 4) is 0 Å². The Morgan fingerprint density at radius 2 is 1.90 bits per heavy atom. The van der Waals surface area contributed by atoms with Gasteiger partial charge in [-0.3, -0.25) is 18.7 Å². The van der Waals surface area contributed by atoms with Crippen molar-refractivity contribution in [3.05, 3.63) is 50.4 Å². The quantitative estimate of drug-likeness (QED) is 0.380. The molecule has 1 amide bonds. The Labute approximate surface area is 178 Å². The van der Waals surface area contributed by atoms with E-state index in [4.69, 9.17) is 0 Å². The van der Waals surface area contributed by atoms with Crippen LogP contribution in [0.5, 0.6) is 0 Å². The number of anilines is 1. The Balaban J connectivity index is 1.60. The fourth-order valence-corrected chi connectivity index (χ4v) is 4.85. The molecular weight excluding hydrogens is 424 g/mol. The standard InChI is InChI=1S/C19H18N6O3S2/c1-9-5-6-11-12(7-9)30-18(22-11)23-13(26)8-29-16-14-15(20-10(2)21-16)24(3)19(28)25(4)17(14)27/h5-7H,8H2,1-4H3,(H,22,23,26). The van der Waals surface area contributed by atoms with E-state index in [0.29, 0.717) is 16.0 Å². The van der Waals surface area contributed by atoms with E-state index in [-0.39, 0.29) is 22.7 Å². The molecule has 0 aliphatic heterocycles. The summed E-state index contributed by atoms with van der Waals surface area (Å²) in [7, 11) is 2.95. The van der Waals surface area contributed by atoms with Crippen molar-refractivity contribution in [2.45, 2.75) is 18.9 Å². The fraction of sp³-hybridized carbons (Fsp3) is 0.263. The van der Waals surface area contributed by atoms with Gasteiger partial charge in [0.1, 0.15) is 16.2 Å². The minimum absolute atomic E-state index is 0.0342. The number of fused-ring (bicyclic) bond motifs is 2. The Morgan fingerprint density at radius 1 is 1.13 bits per heavy atom. The monoisotopic (exact) mass is 442 g/mol. The van der Waals surface area contributed by atoms with Gasteiger partial charge in [-0.2, -0.15) is 0 Å². The molecule has 0 aliphatic carbocycles. The van der Waals surface area contributed by atoms with Gasteiger partial charge < -0.3 is 5.32 Å². The highest BCUT2D eigenvalue weighted by Gasteiger charge is 2.17. The van der Waals surface area contributed by atoms with Crippen LogP contribution in [0, 0.1) is 13.8 Å². The van der Waals surface area contributed by atoms with E-state index in [9.17, 15) is 14.4 Å². The lowest BCUT2D eigenvalue weighted by Gasteiger charge is -2.10. The number of aromatic nitrogens is 5. The molecule has 3 aromatic heterocycles. The molecule has 3 heterocycles. The predicted molar refractivity (Wildman–Crippen MR) is 118 cm³/mol. The molecule has 4 rings (SSSR count). The first-order valence-corrected chi connectivity index (χ1v) is 10.8. The first kappa shape index (κ1) is 20.2. The summed E-state index contributed by atoms with van der Waals surface area (Å²) in [5, 5.41) is 3.90.